The Morgan fingerprint density at radius 1 is 1.10 bits per heavy atom. The van der Waals surface area contributed by atoms with Gasteiger partial charge in [-0.15, -0.1) is 0 Å². The first-order valence-corrected chi connectivity index (χ1v) is 10.6. The van der Waals surface area contributed by atoms with Crippen LogP contribution in [0.1, 0.15) is 42.6 Å². The normalized spacial score (nSPS) is 23.2. The molecule has 2 aliphatic rings. The zero-order valence-corrected chi connectivity index (χ0v) is 17.3. The summed E-state index contributed by atoms with van der Waals surface area (Å²) in [5, 5.41) is 0. The Hall–Kier alpha value is -2.53. The number of hydrogen-bond donors (Lipinski definition) is 0. The Kier molecular flexibility index (Phi) is 6.05. The quantitative estimate of drug-likeness (QED) is 0.781. The van der Waals surface area contributed by atoms with E-state index in [1.807, 2.05) is 17.9 Å². The summed E-state index contributed by atoms with van der Waals surface area (Å²) in [7, 11) is 0. The van der Waals surface area contributed by atoms with E-state index in [0.717, 1.165) is 44.0 Å². The molecular formula is C24H30N4O. The highest BCUT2D eigenvalue weighted by Gasteiger charge is 2.41. The average Bonchev–Trinajstić information content (AvgIpc) is 2.74. The minimum Gasteiger partial charge on any atom is -0.336 e. The summed E-state index contributed by atoms with van der Waals surface area (Å²) in [5.41, 5.74) is 3.24. The molecule has 2 aliphatic heterocycles. The maximum atomic E-state index is 12.6. The monoisotopic (exact) mass is 390 g/mol. The van der Waals surface area contributed by atoms with Crippen molar-refractivity contribution < 1.29 is 4.79 Å². The molecule has 4 rings (SSSR count). The van der Waals surface area contributed by atoms with Gasteiger partial charge in [0.1, 0.15) is 0 Å². The molecule has 0 radical (unpaired) electrons. The van der Waals surface area contributed by atoms with Gasteiger partial charge in [-0.25, -0.2) is 0 Å². The molecule has 0 aliphatic carbocycles. The van der Waals surface area contributed by atoms with Gasteiger partial charge < -0.3 is 4.90 Å². The van der Waals surface area contributed by atoms with Crippen LogP contribution in [0.15, 0.2) is 48.8 Å². The molecule has 1 atom stereocenters. The number of amides is 1. The van der Waals surface area contributed by atoms with E-state index in [2.05, 4.69) is 51.3 Å². The van der Waals surface area contributed by atoms with Crippen LogP contribution in [0.4, 0.5) is 0 Å². The minimum atomic E-state index is 0.213. The third-order valence-electron chi connectivity index (χ3n) is 6.15. The van der Waals surface area contributed by atoms with Gasteiger partial charge >= 0.3 is 0 Å². The topological polar surface area (TPSA) is 49.3 Å². The molecule has 152 valence electrons. The molecule has 0 N–H and O–H groups in total. The van der Waals surface area contributed by atoms with Gasteiger partial charge in [-0.2, -0.15) is 0 Å². The summed E-state index contributed by atoms with van der Waals surface area (Å²) >= 11 is 0. The van der Waals surface area contributed by atoms with Crippen molar-refractivity contribution in [1.29, 1.82) is 0 Å². The summed E-state index contributed by atoms with van der Waals surface area (Å²) in [4.78, 5) is 25.9. The van der Waals surface area contributed by atoms with Crippen LogP contribution in [0.25, 0.3) is 6.08 Å². The van der Waals surface area contributed by atoms with E-state index in [1.165, 1.54) is 18.4 Å². The number of benzene rings is 1. The largest absolute Gasteiger partial charge is 0.336 e. The second-order valence-corrected chi connectivity index (χ2v) is 8.55. The van der Waals surface area contributed by atoms with E-state index < -0.39 is 0 Å². The van der Waals surface area contributed by atoms with Crippen LogP contribution in [-0.4, -0.2) is 51.9 Å². The van der Waals surface area contributed by atoms with Crippen LogP contribution in [0, 0.1) is 12.3 Å². The van der Waals surface area contributed by atoms with E-state index >= 15 is 0 Å². The Morgan fingerprint density at radius 2 is 1.97 bits per heavy atom. The average molecular weight is 391 g/mol. The van der Waals surface area contributed by atoms with Gasteiger partial charge in [0.05, 0.1) is 24.1 Å². The van der Waals surface area contributed by atoms with E-state index in [4.69, 9.17) is 0 Å². The highest BCUT2D eigenvalue weighted by atomic mass is 16.2. The molecule has 1 spiro atoms. The number of piperidine rings is 2. The maximum absolute atomic E-state index is 12.6. The zero-order chi connectivity index (χ0) is 20.1. The molecule has 1 aromatic heterocycles. The number of nitrogens with zero attached hydrogens (tertiary/aromatic N) is 4. The summed E-state index contributed by atoms with van der Waals surface area (Å²) in [6.07, 6.45) is 12.1. The highest BCUT2D eigenvalue weighted by Crippen LogP contribution is 2.39. The molecular weight excluding hydrogens is 360 g/mol. The first-order valence-electron chi connectivity index (χ1n) is 10.6. The predicted molar refractivity (Wildman–Crippen MR) is 115 cm³/mol. The van der Waals surface area contributed by atoms with Gasteiger partial charge in [-0.05, 0) is 38.3 Å². The molecule has 2 fully saturated rings. The number of rotatable bonds is 5. The summed E-state index contributed by atoms with van der Waals surface area (Å²) < 4.78 is 0. The lowest BCUT2D eigenvalue weighted by Crippen LogP contribution is -2.53. The first-order chi connectivity index (χ1) is 14.1. The number of likely N-dealkylation sites (tertiary alicyclic amines) is 2. The van der Waals surface area contributed by atoms with Gasteiger partial charge in [0.25, 0.3) is 0 Å². The van der Waals surface area contributed by atoms with Crippen molar-refractivity contribution in [3.8, 4) is 0 Å². The molecule has 0 bridgehead atoms. The molecule has 2 saturated heterocycles. The van der Waals surface area contributed by atoms with Crippen molar-refractivity contribution in [1.82, 2.24) is 19.8 Å². The third kappa shape index (κ3) is 5.10. The fraction of sp³-hybridized carbons (Fsp3) is 0.458. The summed E-state index contributed by atoms with van der Waals surface area (Å²) in [5.74, 6) is 0.249. The molecule has 5 nitrogen and oxygen atoms in total. The van der Waals surface area contributed by atoms with Gasteiger partial charge in [0.15, 0.2) is 0 Å². The van der Waals surface area contributed by atoms with E-state index in [9.17, 15) is 4.79 Å². The van der Waals surface area contributed by atoms with Crippen molar-refractivity contribution in [2.24, 2.45) is 5.41 Å². The molecule has 0 unspecified atom stereocenters. The van der Waals surface area contributed by atoms with Crippen molar-refractivity contribution in [3.05, 3.63) is 65.8 Å². The van der Waals surface area contributed by atoms with E-state index in [1.54, 1.807) is 12.4 Å². The van der Waals surface area contributed by atoms with Crippen LogP contribution < -0.4 is 0 Å². The molecule has 29 heavy (non-hydrogen) atoms. The standard InChI is InChI=1S/C24H30N4O/c1-20-15-26-22(16-25-20)17-28-19-24(12-10-23(28)29)11-6-14-27(18-24)13-5-9-21-7-3-2-4-8-21/h2-5,7-9,15-16H,6,10-14,17-19H2,1H3/b9-5+/t24-/m0/s1. The first kappa shape index (κ1) is 19.8. The summed E-state index contributed by atoms with van der Waals surface area (Å²) in [6.45, 7) is 6.50. The van der Waals surface area contributed by atoms with Gasteiger partial charge in [-0.1, -0.05) is 42.5 Å². The second-order valence-electron chi connectivity index (χ2n) is 8.55. The second kappa shape index (κ2) is 8.87. The zero-order valence-electron chi connectivity index (χ0n) is 17.3. The fourth-order valence-electron chi connectivity index (χ4n) is 4.64. The lowest BCUT2D eigenvalue weighted by atomic mass is 9.73. The van der Waals surface area contributed by atoms with Gasteiger partial charge in [0.2, 0.25) is 5.91 Å². The lowest BCUT2D eigenvalue weighted by molar-refractivity contribution is -0.140. The molecule has 0 saturated carbocycles. The summed E-state index contributed by atoms with van der Waals surface area (Å²) in [6, 6.07) is 10.5. The Morgan fingerprint density at radius 3 is 2.76 bits per heavy atom. The minimum absolute atomic E-state index is 0.213. The molecule has 1 aromatic carbocycles. The predicted octanol–water partition coefficient (Wildman–Crippen LogP) is 3.70. The Bertz CT molecular complexity index is 849. The van der Waals surface area contributed by atoms with Crippen LogP contribution in [0.2, 0.25) is 0 Å². The Balaban J connectivity index is 1.38. The van der Waals surface area contributed by atoms with Crippen molar-refractivity contribution in [3.63, 3.8) is 0 Å². The van der Waals surface area contributed by atoms with Crippen LogP contribution in [-0.2, 0) is 11.3 Å². The fourth-order valence-corrected chi connectivity index (χ4v) is 4.64. The van der Waals surface area contributed by atoms with Crippen molar-refractivity contribution in [2.75, 3.05) is 26.2 Å². The SMILES string of the molecule is Cc1cnc(CN2C[C@@]3(CCCN(C/C=C/c4ccccc4)C3)CCC2=O)cn1. The lowest BCUT2D eigenvalue weighted by Gasteiger charge is -2.48. The number of carbonyl (C=O) groups is 1. The van der Waals surface area contributed by atoms with Crippen molar-refractivity contribution >= 4 is 12.0 Å². The van der Waals surface area contributed by atoms with Crippen LogP contribution >= 0.6 is 0 Å². The number of carbonyl (C=O) groups excluding carboxylic acids is 1. The number of aromatic nitrogens is 2. The molecule has 3 heterocycles. The van der Waals surface area contributed by atoms with Crippen molar-refractivity contribution in [2.45, 2.75) is 39.2 Å². The maximum Gasteiger partial charge on any atom is 0.222 e. The van der Waals surface area contributed by atoms with Gasteiger partial charge in [-0.3, -0.25) is 19.7 Å². The van der Waals surface area contributed by atoms with Gasteiger partial charge in [0, 0.05) is 37.7 Å². The molecule has 2 aromatic rings. The van der Waals surface area contributed by atoms with E-state index in [-0.39, 0.29) is 11.3 Å². The molecule has 1 amide bonds. The smallest absolute Gasteiger partial charge is 0.222 e. The Labute approximate surface area is 173 Å². The molecule has 5 heteroatoms. The number of hydrogen-bond acceptors (Lipinski definition) is 4. The van der Waals surface area contributed by atoms with E-state index in [0.29, 0.717) is 13.0 Å². The van der Waals surface area contributed by atoms with Crippen LogP contribution in [0.5, 0.6) is 0 Å². The third-order valence-corrected chi connectivity index (χ3v) is 6.15. The number of aryl methyl sites for hydroxylation is 1. The highest BCUT2D eigenvalue weighted by molar-refractivity contribution is 5.77. The van der Waals surface area contributed by atoms with Crippen LogP contribution in [0.3, 0.4) is 0 Å².